The van der Waals surface area contributed by atoms with Crippen molar-refractivity contribution >= 4 is 5.69 Å². The number of benzene rings is 1. The maximum Gasteiger partial charge on any atom is 0.123 e. The number of rotatable bonds is 5. The maximum atomic E-state index is 12.8. The molecule has 0 atom stereocenters. The normalized spacial score (nSPS) is 17.2. The first kappa shape index (κ1) is 11.4. The van der Waals surface area contributed by atoms with Gasteiger partial charge in [0, 0.05) is 24.2 Å². The highest BCUT2D eigenvalue weighted by molar-refractivity contribution is 5.46. The highest BCUT2D eigenvalue weighted by atomic mass is 19.1. The minimum Gasteiger partial charge on any atom is -0.371 e. The van der Waals surface area contributed by atoms with Gasteiger partial charge in [-0.05, 0) is 50.6 Å². The zero-order valence-electron chi connectivity index (χ0n) is 9.75. The van der Waals surface area contributed by atoms with Gasteiger partial charge in [0.05, 0.1) is 0 Å². The molecule has 0 saturated heterocycles. The second-order valence-corrected chi connectivity index (χ2v) is 4.69. The van der Waals surface area contributed by atoms with Crippen LogP contribution in [0.4, 0.5) is 10.1 Å². The summed E-state index contributed by atoms with van der Waals surface area (Å²) in [4.78, 5) is 2.28. The van der Waals surface area contributed by atoms with Crippen molar-refractivity contribution in [3.63, 3.8) is 0 Å². The number of anilines is 1. The molecule has 16 heavy (non-hydrogen) atoms. The van der Waals surface area contributed by atoms with Crippen molar-refractivity contribution in [2.75, 3.05) is 24.5 Å². The fourth-order valence-electron chi connectivity index (χ4n) is 2.05. The first-order chi connectivity index (χ1) is 7.69. The number of hydrogen-bond donors (Lipinski definition) is 1. The lowest BCUT2D eigenvalue weighted by molar-refractivity contribution is 0.512. The summed E-state index contributed by atoms with van der Waals surface area (Å²) in [7, 11) is 0. The summed E-state index contributed by atoms with van der Waals surface area (Å²) >= 11 is 0. The van der Waals surface area contributed by atoms with Crippen LogP contribution in [0.3, 0.4) is 0 Å². The van der Waals surface area contributed by atoms with Gasteiger partial charge in [-0.2, -0.15) is 0 Å². The predicted molar refractivity (Wildman–Crippen MR) is 65.0 cm³/mol. The van der Waals surface area contributed by atoms with Crippen LogP contribution in [-0.4, -0.2) is 19.6 Å². The van der Waals surface area contributed by atoms with E-state index in [0.717, 1.165) is 25.3 Å². The van der Waals surface area contributed by atoms with Gasteiger partial charge in [-0.3, -0.25) is 0 Å². The molecule has 0 spiro atoms. The first-order valence-electron chi connectivity index (χ1n) is 5.90. The first-order valence-corrected chi connectivity index (χ1v) is 5.90. The highest BCUT2D eigenvalue weighted by Crippen LogP contribution is 2.45. The van der Waals surface area contributed by atoms with E-state index in [4.69, 9.17) is 5.73 Å². The van der Waals surface area contributed by atoms with Gasteiger partial charge in [0.25, 0.3) is 0 Å². The van der Waals surface area contributed by atoms with Crippen LogP contribution in [-0.2, 0) is 0 Å². The van der Waals surface area contributed by atoms with E-state index in [1.807, 2.05) is 12.1 Å². The molecule has 2 N–H and O–H groups in total. The lowest BCUT2D eigenvalue weighted by atomic mass is 10.1. The lowest BCUT2D eigenvalue weighted by Gasteiger charge is -2.27. The monoisotopic (exact) mass is 222 g/mol. The molecule has 2 nitrogen and oxygen atoms in total. The van der Waals surface area contributed by atoms with E-state index in [-0.39, 0.29) is 5.82 Å². The molecule has 1 saturated carbocycles. The Morgan fingerprint density at radius 2 is 1.94 bits per heavy atom. The van der Waals surface area contributed by atoms with Gasteiger partial charge in [-0.15, -0.1) is 0 Å². The molecular formula is C13H19FN2. The topological polar surface area (TPSA) is 29.3 Å². The maximum absolute atomic E-state index is 12.8. The standard InChI is InChI=1S/C13H19FN2/c1-2-16(10-13(9-15)7-8-13)12-5-3-11(14)4-6-12/h3-6H,2,7-10,15H2,1H3. The van der Waals surface area contributed by atoms with E-state index >= 15 is 0 Å². The third-order valence-corrected chi connectivity index (χ3v) is 3.49. The molecule has 1 aliphatic carbocycles. The molecule has 0 aliphatic heterocycles. The van der Waals surface area contributed by atoms with E-state index in [1.165, 1.54) is 25.0 Å². The quantitative estimate of drug-likeness (QED) is 0.829. The van der Waals surface area contributed by atoms with Gasteiger partial charge in [0.2, 0.25) is 0 Å². The van der Waals surface area contributed by atoms with Crippen molar-refractivity contribution in [3.05, 3.63) is 30.1 Å². The Labute approximate surface area is 96.2 Å². The third-order valence-electron chi connectivity index (χ3n) is 3.49. The average molecular weight is 222 g/mol. The molecule has 1 aliphatic rings. The van der Waals surface area contributed by atoms with Gasteiger partial charge >= 0.3 is 0 Å². The predicted octanol–water partition coefficient (Wildman–Crippen LogP) is 2.39. The van der Waals surface area contributed by atoms with Gasteiger partial charge in [0.15, 0.2) is 0 Å². The second kappa shape index (κ2) is 4.42. The van der Waals surface area contributed by atoms with Crippen molar-refractivity contribution in [2.45, 2.75) is 19.8 Å². The lowest BCUT2D eigenvalue weighted by Crippen LogP contribution is -2.34. The van der Waals surface area contributed by atoms with Crippen molar-refractivity contribution in [1.82, 2.24) is 0 Å². The Bertz CT molecular complexity index is 343. The Morgan fingerprint density at radius 3 is 2.38 bits per heavy atom. The number of nitrogens with zero attached hydrogens (tertiary/aromatic N) is 1. The number of nitrogens with two attached hydrogens (primary N) is 1. The Morgan fingerprint density at radius 1 is 1.31 bits per heavy atom. The van der Waals surface area contributed by atoms with Crippen LogP contribution in [0.1, 0.15) is 19.8 Å². The number of halogens is 1. The van der Waals surface area contributed by atoms with Crippen LogP contribution in [0.5, 0.6) is 0 Å². The van der Waals surface area contributed by atoms with Crippen LogP contribution < -0.4 is 10.6 Å². The van der Waals surface area contributed by atoms with Crippen molar-refractivity contribution < 1.29 is 4.39 Å². The summed E-state index contributed by atoms with van der Waals surface area (Å²) in [5.74, 6) is -0.181. The third kappa shape index (κ3) is 2.35. The van der Waals surface area contributed by atoms with Crippen molar-refractivity contribution in [2.24, 2.45) is 11.1 Å². The number of hydrogen-bond acceptors (Lipinski definition) is 2. The zero-order valence-corrected chi connectivity index (χ0v) is 9.75. The van der Waals surface area contributed by atoms with E-state index in [0.29, 0.717) is 5.41 Å². The molecule has 3 heteroatoms. The van der Waals surface area contributed by atoms with E-state index in [2.05, 4.69) is 11.8 Å². The zero-order chi connectivity index (χ0) is 11.6. The van der Waals surface area contributed by atoms with E-state index < -0.39 is 0 Å². The van der Waals surface area contributed by atoms with Crippen LogP contribution in [0, 0.1) is 11.2 Å². The van der Waals surface area contributed by atoms with E-state index in [1.54, 1.807) is 0 Å². The Balaban J connectivity index is 2.07. The molecule has 0 unspecified atom stereocenters. The summed E-state index contributed by atoms with van der Waals surface area (Å²) < 4.78 is 12.8. The smallest absolute Gasteiger partial charge is 0.123 e. The molecule has 0 radical (unpaired) electrons. The molecule has 1 aromatic rings. The second-order valence-electron chi connectivity index (χ2n) is 4.69. The molecule has 2 rings (SSSR count). The van der Waals surface area contributed by atoms with Crippen LogP contribution in [0.25, 0.3) is 0 Å². The molecular weight excluding hydrogens is 203 g/mol. The van der Waals surface area contributed by atoms with Gasteiger partial charge in [-0.1, -0.05) is 0 Å². The molecule has 0 heterocycles. The largest absolute Gasteiger partial charge is 0.371 e. The summed E-state index contributed by atoms with van der Waals surface area (Å²) in [6.07, 6.45) is 2.45. The Hall–Kier alpha value is -1.09. The van der Waals surface area contributed by atoms with Gasteiger partial charge in [0.1, 0.15) is 5.82 Å². The molecule has 0 bridgehead atoms. The summed E-state index contributed by atoms with van der Waals surface area (Å²) in [5, 5.41) is 0. The fourth-order valence-corrected chi connectivity index (χ4v) is 2.05. The minimum atomic E-state index is -0.181. The van der Waals surface area contributed by atoms with Crippen molar-refractivity contribution in [1.29, 1.82) is 0 Å². The minimum absolute atomic E-state index is 0.181. The van der Waals surface area contributed by atoms with Crippen molar-refractivity contribution in [3.8, 4) is 0 Å². The highest BCUT2D eigenvalue weighted by Gasteiger charge is 2.42. The summed E-state index contributed by atoms with van der Waals surface area (Å²) in [6.45, 7) is 4.81. The summed E-state index contributed by atoms with van der Waals surface area (Å²) in [6, 6.07) is 6.71. The van der Waals surface area contributed by atoms with Crippen LogP contribution >= 0.6 is 0 Å². The van der Waals surface area contributed by atoms with E-state index in [9.17, 15) is 4.39 Å². The van der Waals surface area contributed by atoms with Gasteiger partial charge < -0.3 is 10.6 Å². The SMILES string of the molecule is CCN(CC1(CN)CC1)c1ccc(F)cc1. The van der Waals surface area contributed by atoms with Gasteiger partial charge in [-0.25, -0.2) is 4.39 Å². The van der Waals surface area contributed by atoms with Crippen LogP contribution in [0.2, 0.25) is 0 Å². The average Bonchev–Trinajstić information content (AvgIpc) is 3.08. The fraction of sp³-hybridized carbons (Fsp3) is 0.538. The summed E-state index contributed by atoms with van der Waals surface area (Å²) in [5.41, 5.74) is 7.20. The molecule has 1 fully saturated rings. The molecule has 88 valence electrons. The molecule has 0 aromatic heterocycles. The van der Waals surface area contributed by atoms with Crippen LogP contribution in [0.15, 0.2) is 24.3 Å². The molecule has 1 aromatic carbocycles. The molecule has 0 amide bonds. The Kier molecular flexibility index (Phi) is 3.15.